The average Bonchev–Trinajstić information content (AvgIpc) is 3.46. The zero-order chi connectivity index (χ0) is 28.8. The molecule has 3 aromatic rings. The summed E-state index contributed by atoms with van der Waals surface area (Å²) in [6, 6.07) is 15.4. The van der Waals surface area contributed by atoms with E-state index in [9.17, 15) is 4.79 Å². The Balaban J connectivity index is 1.17. The molecule has 2 aliphatic rings. The first kappa shape index (κ1) is 29.4. The van der Waals surface area contributed by atoms with Crippen LogP contribution in [0.25, 0.3) is 0 Å². The third kappa shape index (κ3) is 7.24. The van der Waals surface area contributed by atoms with Crippen molar-refractivity contribution in [3.63, 3.8) is 0 Å². The van der Waals surface area contributed by atoms with Gasteiger partial charge in [-0.1, -0.05) is 41.6 Å². The molecule has 218 valence electrons. The van der Waals surface area contributed by atoms with E-state index >= 15 is 0 Å². The van der Waals surface area contributed by atoms with E-state index in [1.165, 1.54) is 11.8 Å². The molecule has 9 nitrogen and oxygen atoms in total. The van der Waals surface area contributed by atoms with Crippen LogP contribution in [0.5, 0.6) is 11.5 Å². The van der Waals surface area contributed by atoms with E-state index in [0.29, 0.717) is 72.3 Å². The second-order valence-electron chi connectivity index (χ2n) is 10.1. The number of hydrogen-bond acceptors (Lipinski definition) is 9. The van der Waals surface area contributed by atoms with Crippen LogP contribution >= 0.6 is 23.4 Å². The maximum absolute atomic E-state index is 13.2. The lowest BCUT2D eigenvalue weighted by Crippen LogP contribution is -2.47. The second kappa shape index (κ2) is 13.3. The molecule has 2 aromatic carbocycles. The Labute approximate surface area is 250 Å². The van der Waals surface area contributed by atoms with Crippen LogP contribution in [0.1, 0.15) is 34.3 Å². The zero-order valence-corrected chi connectivity index (χ0v) is 25.2. The quantitative estimate of drug-likeness (QED) is 0.180. The minimum Gasteiger partial charge on any atom is -0.493 e. The van der Waals surface area contributed by atoms with Gasteiger partial charge in [0.15, 0.2) is 22.4 Å². The Morgan fingerprint density at radius 1 is 1.02 bits per heavy atom. The number of thioether (sulfide) groups is 1. The number of aromatic nitrogens is 2. The summed E-state index contributed by atoms with van der Waals surface area (Å²) in [5.74, 6) is 2.30. The largest absolute Gasteiger partial charge is 0.493 e. The Hall–Kier alpha value is -3.05. The summed E-state index contributed by atoms with van der Waals surface area (Å²) in [5.41, 5.74) is 2.82. The van der Waals surface area contributed by atoms with E-state index in [1.807, 2.05) is 54.4 Å². The highest BCUT2D eigenvalue weighted by Gasteiger charge is 2.40. The minimum atomic E-state index is -0.498. The minimum absolute atomic E-state index is 0.0297. The van der Waals surface area contributed by atoms with Gasteiger partial charge in [-0.3, -0.25) is 4.79 Å². The second-order valence-corrected chi connectivity index (χ2v) is 11.4. The van der Waals surface area contributed by atoms with Crippen LogP contribution < -0.4 is 14.4 Å². The van der Waals surface area contributed by atoms with Crippen molar-refractivity contribution in [2.24, 2.45) is 0 Å². The molecule has 2 fully saturated rings. The molecular formula is C30H35ClN4O5S. The van der Waals surface area contributed by atoms with E-state index in [1.54, 1.807) is 20.3 Å². The number of nitrogens with zero attached hydrogens (tertiary/aromatic N) is 4. The van der Waals surface area contributed by atoms with Crippen LogP contribution in [-0.2, 0) is 21.6 Å². The van der Waals surface area contributed by atoms with Gasteiger partial charge >= 0.3 is 0 Å². The highest BCUT2D eigenvalue weighted by molar-refractivity contribution is 7.98. The molecule has 0 aliphatic carbocycles. The van der Waals surface area contributed by atoms with Gasteiger partial charge in [0.2, 0.25) is 0 Å². The van der Waals surface area contributed by atoms with Crippen LogP contribution in [0.15, 0.2) is 53.7 Å². The van der Waals surface area contributed by atoms with E-state index in [-0.39, 0.29) is 5.91 Å². The number of methoxy groups -OCH3 is 2. The Kier molecular flexibility index (Phi) is 9.54. The van der Waals surface area contributed by atoms with Gasteiger partial charge in [-0.2, -0.15) is 0 Å². The standard InChI is InChI=1S/C30H35ClN4O5S/c1-34(12-9-21-7-8-24(37-2)25(18-21)38-3)27-19-26(31)32-29(33-27)41-20-22-5-4-6-23(17-22)28(36)35-13-10-30(11-14-35)39-15-16-40-30/h4-8,17-19H,9-16,20H2,1-3H3. The normalized spacial score (nSPS) is 16.1. The van der Waals surface area contributed by atoms with Crippen molar-refractivity contribution in [2.75, 3.05) is 59.0 Å². The van der Waals surface area contributed by atoms with Crippen LogP contribution in [0, 0.1) is 0 Å². The molecule has 0 saturated carbocycles. The predicted octanol–water partition coefficient (Wildman–Crippen LogP) is 5.10. The molecule has 2 aliphatic heterocycles. The van der Waals surface area contributed by atoms with Gasteiger partial charge in [-0.05, 0) is 41.8 Å². The smallest absolute Gasteiger partial charge is 0.253 e. The van der Waals surface area contributed by atoms with Crippen molar-refractivity contribution in [1.29, 1.82) is 0 Å². The fraction of sp³-hybridized carbons (Fsp3) is 0.433. The molecular weight excluding hydrogens is 564 g/mol. The highest BCUT2D eigenvalue weighted by atomic mass is 35.5. The molecule has 3 heterocycles. The first-order chi connectivity index (χ1) is 19.9. The van der Waals surface area contributed by atoms with Crippen LogP contribution in [0.4, 0.5) is 5.82 Å². The molecule has 0 radical (unpaired) electrons. The van der Waals surface area contributed by atoms with Gasteiger partial charge in [0, 0.05) is 56.9 Å². The third-order valence-corrected chi connectivity index (χ3v) is 8.52. The molecule has 0 bridgehead atoms. The number of hydrogen-bond donors (Lipinski definition) is 0. The number of ether oxygens (including phenoxy) is 4. The lowest BCUT2D eigenvalue weighted by molar-refractivity contribution is -0.181. The molecule has 11 heteroatoms. The van der Waals surface area contributed by atoms with Crippen molar-refractivity contribution in [3.05, 3.63) is 70.4 Å². The number of halogens is 1. The number of carbonyl (C=O) groups is 1. The summed E-state index contributed by atoms with van der Waals surface area (Å²) >= 11 is 7.86. The monoisotopic (exact) mass is 598 g/mol. The van der Waals surface area contributed by atoms with Gasteiger partial charge < -0.3 is 28.7 Å². The fourth-order valence-corrected chi connectivity index (χ4v) is 6.08. The van der Waals surface area contributed by atoms with Crippen molar-refractivity contribution < 1.29 is 23.7 Å². The maximum Gasteiger partial charge on any atom is 0.253 e. The fourth-order valence-electron chi connectivity index (χ4n) is 5.05. The first-order valence-electron chi connectivity index (χ1n) is 13.6. The summed E-state index contributed by atoms with van der Waals surface area (Å²) < 4.78 is 22.3. The molecule has 0 atom stereocenters. The van der Waals surface area contributed by atoms with Crippen LogP contribution in [-0.4, -0.2) is 80.7 Å². The Bertz CT molecular complexity index is 1360. The van der Waals surface area contributed by atoms with E-state index < -0.39 is 5.79 Å². The number of benzene rings is 2. The molecule has 41 heavy (non-hydrogen) atoms. The van der Waals surface area contributed by atoms with Crippen LogP contribution in [0.2, 0.25) is 5.15 Å². The van der Waals surface area contributed by atoms with Crippen molar-refractivity contribution in [1.82, 2.24) is 14.9 Å². The summed E-state index contributed by atoms with van der Waals surface area (Å²) in [5, 5.41) is 0.970. The number of likely N-dealkylation sites (tertiary alicyclic amines) is 1. The summed E-state index contributed by atoms with van der Waals surface area (Å²) in [7, 11) is 5.24. The zero-order valence-electron chi connectivity index (χ0n) is 23.6. The van der Waals surface area contributed by atoms with E-state index in [2.05, 4.69) is 9.88 Å². The topological polar surface area (TPSA) is 86.3 Å². The van der Waals surface area contributed by atoms with Gasteiger partial charge in [-0.25, -0.2) is 9.97 Å². The lowest BCUT2D eigenvalue weighted by atomic mass is 10.0. The summed E-state index contributed by atoms with van der Waals surface area (Å²) in [6.07, 6.45) is 2.19. The van der Waals surface area contributed by atoms with Crippen molar-refractivity contribution in [3.8, 4) is 11.5 Å². The van der Waals surface area contributed by atoms with Gasteiger partial charge in [-0.15, -0.1) is 0 Å². The number of anilines is 1. The molecule has 5 rings (SSSR count). The van der Waals surface area contributed by atoms with Gasteiger partial charge in [0.05, 0.1) is 27.4 Å². The number of likely N-dealkylation sites (N-methyl/N-ethyl adjacent to an activating group) is 1. The Morgan fingerprint density at radius 2 is 1.78 bits per heavy atom. The number of rotatable bonds is 10. The number of amides is 1. The number of piperidine rings is 1. The SMILES string of the molecule is COc1ccc(CCN(C)c2cc(Cl)nc(SCc3cccc(C(=O)N4CCC5(CC4)OCCO5)c3)n2)cc1OC. The maximum atomic E-state index is 13.2. The van der Waals surface area contributed by atoms with Gasteiger partial charge in [0.25, 0.3) is 5.91 Å². The molecule has 1 aromatic heterocycles. The van der Waals surface area contributed by atoms with E-state index in [0.717, 1.165) is 29.9 Å². The van der Waals surface area contributed by atoms with Crippen molar-refractivity contribution in [2.45, 2.75) is 36.0 Å². The average molecular weight is 599 g/mol. The lowest BCUT2D eigenvalue weighted by Gasteiger charge is -2.37. The van der Waals surface area contributed by atoms with E-state index in [4.69, 9.17) is 35.5 Å². The third-order valence-electron chi connectivity index (χ3n) is 7.40. The summed E-state index contributed by atoms with van der Waals surface area (Å²) in [6.45, 7) is 3.22. The molecule has 0 unspecified atom stereocenters. The van der Waals surface area contributed by atoms with Crippen LogP contribution in [0.3, 0.4) is 0 Å². The number of carbonyl (C=O) groups excluding carboxylic acids is 1. The molecule has 2 saturated heterocycles. The molecule has 1 spiro atoms. The first-order valence-corrected chi connectivity index (χ1v) is 15.0. The summed E-state index contributed by atoms with van der Waals surface area (Å²) in [4.78, 5) is 26.3. The predicted molar refractivity (Wildman–Crippen MR) is 159 cm³/mol. The van der Waals surface area contributed by atoms with Gasteiger partial charge in [0.1, 0.15) is 11.0 Å². The molecule has 0 N–H and O–H groups in total. The molecule has 1 amide bonds. The Morgan fingerprint density at radius 3 is 2.51 bits per heavy atom. The van der Waals surface area contributed by atoms with Crippen molar-refractivity contribution >= 4 is 35.1 Å². The highest BCUT2D eigenvalue weighted by Crippen LogP contribution is 2.32.